The SMILES string of the molecule is CCn1cnnc1CNCCOc1ccc(OC)cc1. The number of hydrogen-bond donors (Lipinski definition) is 1. The van der Waals surface area contributed by atoms with E-state index in [-0.39, 0.29) is 0 Å². The molecule has 0 amide bonds. The number of nitrogens with one attached hydrogen (secondary N) is 1. The third-order valence-electron chi connectivity index (χ3n) is 2.93. The number of hydrogen-bond acceptors (Lipinski definition) is 5. The number of rotatable bonds is 8. The van der Waals surface area contributed by atoms with Crippen molar-refractivity contribution in [3.8, 4) is 11.5 Å². The lowest BCUT2D eigenvalue weighted by Crippen LogP contribution is -2.22. The minimum Gasteiger partial charge on any atom is -0.497 e. The molecular formula is C14H20N4O2. The summed E-state index contributed by atoms with van der Waals surface area (Å²) in [5.74, 6) is 2.61. The molecule has 0 aliphatic carbocycles. The van der Waals surface area contributed by atoms with Crippen LogP contribution in [0.5, 0.6) is 11.5 Å². The van der Waals surface area contributed by atoms with Gasteiger partial charge in [0.25, 0.3) is 0 Å². The van der Waals surface area contributed by atoms with E-state index in [9.17, 15) is 0 Å². The maximum absolute atomic E-state index is 5.62. The van der Waals surface area contributed by atoms with Crippen LogP contribution in [-0.2, 0) is 13.1 Å². The van der Waals surface area contributed by atoms with Gasteiger partial charge in [0, 0.05) is 13.1 Å². The monoisotopic (exact) mass is 276 g/mol. The zero-order valence-electron chi connectivity index (χ0n) is 11.9. The summed E-state index contributed by atoms with van der Waals surface area (Å²) in [6, 6.07) is 7.55. The second-order valence-corrected chi connectivity index (χ2v) is 4.23. The first kappa shape index (κ1) is 14.3. The molecule has 1 aromatic carbocycles. The fraction of sp³-hybridized carbons (Fsp3) is 0.429. The Bertz CT molecular complexity index is 510. The second-order valence-electron chi connectivity index (χ2n) is 4.23. The molecule has 0 spiro atoms. The van der Waals surface area contributed by atoms with Gasteiger partial charge in [-0.15, -0.1) is 10.2 Å². The summed E-state index contributed by atoms with van der Waals surface area (Å²) in [5.41, 5.74) is 0. The molecule has 108 valence electrons. The van der Waals surface area contributed by atoms with Crippen molar-refractivity contribution in [2.45, 2.75) is 20.0 Å². The van der Waals surface area contributed by atoms with E-state index in [4.69, 9.17) is 9.47 Å². The van der Waals surface area contributed by atoms with Gasteiger partial charge in [0.2, 0.25) is 0 Å². The smallest absolute Gasteiger partial charge is 0.146 e. The van der Waals surface area contributed by atoms with Crippen molar-refractivity contribution < 1.29 is 9.47 Å². The Morgan fingerprint density at radius 2 is 1.95 bits per heavy atom. The van der Waals surface area contributed by atoms with Crippen molar-refractivity contribution >= 4 is 0 Å². The number of aromatic nitrogens is 3. The molecular weight excluding hydrogens is 256 g/mol. The number of aryl methyl sites for hydroxylation is 1. The van der Waals surface area contributed by atoms with Crippen molar-refractivity contribution in [3.05, 3.63) is 36.4 Å². The van der Waals surface area contributed by atoms with Crippen LogP contribution < -0.4 is 14.8 Å². The fourth-order valence-corrected chi connectivity index (χ4v) is 1.79. The van der Waals surface area contributed by atoms with E-state index in [1.165, 1.54) is 0 Å². The molecule has 0 saturated carbocycles. The van der Waals surface area contributed by atoms with Crippen LogP contribution in [0.1, 0.15) is 12.7 Å². The van der Waals surface area contributed by atoms with Crippen LogP contribution in [0.15, 0.2) is 30.6 Å². The average molecular weight is 276 g/mol. The summed E-state index contributed by atoms with van der Waals surface area (Å²) in [6.45, 7) is 5.00. The lowest BCUT2D eigenvalue weighted by Gasteiger charge is -2.08. The predicted molar refractivity (Wildman–Crippen MR) is 75.9 cm³/mol. The van der Waals surface area contributed by atoms with Crippen LogP contribution in [0.4, 0.5) is 0 Å². The highest BCUT2D eigenvalue weighted by atomic mass is 16.5. The van der Waals surface area contributed by atoms with Gasteiger partial charge in [0.15, 0.2) is 0 Å². The Balaban J connectivity index is 1.66. The molecule has 0 unspecified atom stereocenters. The van der Waals surface area contributed by atoms with Gasteiger partial charge in [0.1, 0.15) is 30.3 Å². The predicted octanol–water partition coefficient (Wildman–Crippen LogP) is 1.48. The number of benzene rings is 1. The standard InChI is InChI=1S/C14H20N4O2/c1-3-18-11-16-17-14(18)10-15-8-9-20-13-6-4-12(19-2)5-7-13/h4-7,11,15H,3,8-10H2,1-2H3. The fourth-order valence-electron chi connectivity index (χ4n) is 1.79. The lowest BCUT2D eigenvalue weighted by molar-refractivity contribution is 0.312. The van der Waals surface area contributed by atoms with Gasteiger partial charge in [0.05, 0.1) is 13.7 Å². The first-order valence-corrected chi connectivity index (χ1v) is 6.67. The maximum atomic E-state index is 5.62. The van der Waals surface area contributed by atoms with E-state index >= 15 is 0 Å². The van der Waals surface area contributed by atoms with E-state index in [1.807, 2.05) is 28.8 Å². The molecule has 0 radical (unpaired) electrons. The molecule has 0 aliphatic rings. The van der Waals surface area contributed by atoms with Gasteiger partial charge < -0.3 is 19.4 Å². The lowest BCUT2D eigenvalue weighted by atomic mass is 10.3. The van der Waals surface area contributed by atoms with Gasteiger partial charge in [-0.25, -0.2) is 0 Å². The molecule has 2 rings (SSSR count). The van der Waals surface area contributed by atoms with Crippen LogP contribution in [0.3, 0.4) is 0 Å². The molecule has 0 fully saturated rings. The molecule has 0 saturated heterocycles. The highest BCUT2D eigenvalue weighted by molar-refractivity contribution is 5.31. The van der Waals surface area contributed by atoms with Crippen LogP contribution in [0, 0.1) is 0 Å². The van der Waals surface area contributed by atoms with Crippen LogP contribution in [0.25, 0.3) is 0 Å². The van der Waals surface area contributed by atoms with E-state index < -0.39 is 0 Å². The molecule has 0 bridgehead atoms. The van der Waals surface area contributed by atoms with E-state index in [1.54, 1.807) is 13.4 Å². The maximum Gasteiger partial charge on any atom is 0.146 e. The second kappa shape index (κ2) is 7.49. The third-order valence-corrected chi connectivity index (χ3v) is 2.93. The molecule has 20 heavy (non-hydrogen) atoms. The minimum atomic E-state index is 0.604. The molecule has 1 aromatic heterocycles. The highest BCUT2D eigenvalue weighted by Gasteiger charge is 2.01. The topological polar surface area (TPSA) is 61.2 Å². The van der Waals surface area contributed by atoms with Gasteiger partial charge in [-0.1, -0.05) is 0 Å². The zero-order chi connectivity index (χ0) is 14.2. The first-order valence-electron chi connectivity index (χ1n) is 6.67. The van der Waals surface area contributed by atoms with Crippen LogP contribution in [0.2, 0.25) is 0 Å². The summed E-state index contributed by atoms with van der Waals surface area (Å²) >= 11 is 0. The minimum absolute atomic E-state index is 0.604. The van der Waals surface area contributed by atoms with Gasteiger partial charge >= 0.3 is 0 Å². The van der Waals surface area contributed by atoms with Gasteiger partial charge in [-0.3, -0.25) is 0 Å². The van der Waals surface area contributed by atoms with E-state index in [0.717, 1.165) is 30.4 Å². The highest BCUT2D eigenvalue weighted by Crippen LogP contribution is 2.16. The molecule has 1 heterocycles. The van der Waals surface area contributed by atoms with Crippen molar-refractivity contribution in [2.75, 3.05) is 20.3 Å². The van der Waals surface area contributed by atoms with Crippen LogP contribution >= 0.6 is 0 Å². The van der Waals surface area contributed by atoms with Crippen molar-refractivity contribution in [1.82, 2.24) is 20.1 Å². The van der Waals surface area contributed by atoms with E-state index in [0.29, 0.717) is 13.2 Å². The number of methoxy groups -OCH3 is 1. The summed E-state index contributed by atoms with van der Waals surface area (Å²) < 4.78 is 12.7. The largest absolute Gasteiger partial charge is 0.497 e. The Morgan fingerprint density at radius 3 is 2.65 bits per heavy atom. The van der Waals surface area contributed by atoms with Crippen molar-refractivity contribution in [2.24, 2.45) is 0 Å². The third kappa shape index (κ3) is 3.96. The first-order chi connectivity index (χ1) is 9.83. The summed E-state index contributed by atoms with van der Waals surface area (Å²) in [4.78, 5) is 0. The molecule has 1 N–H and O–H groups in total. The Labute approximate surface area is 118 Å². The average Bonchev–Trinajstić information content (AvgIpc) is 2.95. The number of nitrogens with zero attached hydrogens (tertiary/aromatic N) is 3. The Hall–Kier alpha value is -2.08. The molecule has 0 aliphatic heterocycles. The summed E-state index contributed by atoms with van der Waals surface area (Å²) in [6.07, 6.45) is 1.74. The Morgan fingerprint density at radius 1 is 1.20 bits per heavy atom. The molecule has 6 nitrogen and oxygen atoms in total. The Kier molecular flexibility index (Phi) is 5.37. The number of ether oxygens (including phenoxy) is 2. The van der Waals surface area contributed by atoms with Crippen molar-refractivity contribution in [3.63, 3.8) is 0 Å². The zero-order valence-corrected chi connectivity index (χ0v) is 11.9. The van der Waals surface area contributed by atoms with Gasteiger partial charge in [-0.05, 0) is 31.2 Å². The van der Waals surface area contributed by atoms with E-state index in [2.05, 4.69) is 22.4 Å². The van der Waals surface area contributed by atoms with Gasteiger partial charge in [-0.2, -0.15) is 0 Å². The van der Waals surface area contributed by atoms with Crippen molar-refractivity contribution in [1.29, 1.82) is 0 Å². The van der Waals surface area contributed by atoms with Crippen LogP contribution in [-0.4, -0.2) is 35.0 Å². The normalized spacial score (nSPS) is 10.5. The molecule has 0 atom stereocenters. The summed E-state index contributed by atoms with van der Waals surface area (Å²) in [7, 11) is 1.65. The molecule has 6 heteroatoms. The summed E-state index contributed by atoms with van der Waals surface area (Å²) in [5, 5.41) is 11.2. The molecule has 2 aromatic rings. The quantitative estimate of drug-likeness (QED) is 0.740.